The molecule has 1 aliphatic rings. The number of nitro groups is 1. The summed E-state index contributed by atoms with van der Waals surface area (Å²) < 4.78 is 11.7. The number of ether oxygens (including phenoxy) is 2. The molecular weight excluding hydrogens is 418 g/mol. The lowest BCUT2D eigenvalue weighted by molar-refractivity contribution is -0.384. The molecule has 168 valence electrons. The maximum Gasteiger partial charge on any atom is 0.269 e. The maximum absolute atomic E-state index is 10.8. The summed E-state index contributed by atoms with van der Waals surface area (Å²) in [7, 11) is 0. The Bertz CT molecular complexity index is 876. The number of nitrogens with one attached hydrogen (secondary N) is 1. The van der Waals surface area contributed by atoms with Crippen molar-refractivity contribution in [3.63, 3.8) is 0 Å². The van der Waals surface area contributed by atoms with Crippen LogP contribution < -0.4 is 14.8 Å². The van der Waals surface area contributed by atoms with Gasteiger partial charge in [-0.1, -0.05) is 18.5 Å². The van der Waals surface area contributed by atoms with Gasteiger partial charge in [-0.3, -0.25) is 15.0 Å². The first-order chi connectivity index (χ1) is 15.0. The van der Waals surface area contributed by atoms with E-state index in [4.69, 9.17) is 21.1 Å². The third-order valence-electron chi connectivity index (χ3n) is 5.55. The third kappa shape index (κ3) is 6.32. The van der Waals surface area contributed by atoms with Crippen LogP contribution in [0.25, 0.3) is 0 Å². The molecule has 1 aliphatic heterocycles. The molecule has 1 fully saturated rings. The second kappa shape index (κ2) is 11.3. The van der Waals surface area contributed by atoms with Gasteiger partial charge < -0.3 is 14.8 Å². The lowest BCUT2D eigenvalue weighted by atomic mass is 10.1. The van der Waals surface area contributed by atoms with Crippen molar-refractivity contribution in [3.05, 3.63) is 62.7 Å². The van der Waals surface area contributed by atoms with Crippen molar-refractivity contribution in [3.8, 4) is 11.5 Å². The van der Waals surface area contributed by atoms with Crippen molar-refractivity contribution in [2.75, 3.05) is 26.2 Å². The first-order valence-corrected chi connectivity index (χ1v) is 11.2. The summed E-state index contributed by atoms with van der Waals surface area (Å²) in [4.78, 5) is 12.9. The Morgan fingerprint density at radius 3 is 2.61 bits per heavy atom. The van der Waals surface area contributed by atoms with Gasteiger partial charge in [0.2, 0.25) is 0 Å². The predicted molar refractivity (Wildman–Crippen MR) is 122 cm³/mol. The summed E-state index contributed by atoms with van der Waals surface area (Å²) >= 11 is 6.53. The molecule has 1 unspecified atom stereocenters. The van der Waals surface area contributed by atoms with Crippen molar-refractivity contribution >= 4 is 17.3 Å². The summed E-state index contributed by atoms with van der Waals surface area (Å²) in [5.74, 6) is 1.20. The highest BCUT2D eigenvalue weighted by Gasteiger charge is 2.22. The summed E-state index contributed by atoms with van der Waals surface area (Å²) in [6.07, 6.45) is 2.49. The molecule has 1 heterocycles. The molecule has 0 aromatic heterocycles. The molecule has 0 bridgehead atoms. The Morgan fingerprint density at radius 1 is 1.19 bits per heavy atom. The van der Waals surface area contributed by atoms with Crippen LogP contribution in [0.1, 0.15) is 37.8 Å². The third-order valence-corrected chi connectivity index (χ3v) is 5.91. The van der Waals surface area contributed by atoms with Crippen LogP contribution in [0.2, 0.25) is 5.02 Å². The second-order valence-electron chi connectivity index (χ2n) is 7.59. The van der Waals surface area contributed by atoms with Crippen LogP contribution >= 0.6 is 11.6 Å². The number of rotatable bonds is 11. The van der Waals surface area contributed by atoms with Gasteiger partial charge in [-0.2, -0.15) is 0 Å². The monoisotopic (exact) mass is 447 g/mol. The Balaban J connectivity index is 1.63. The average molecular weight is 448 g/mol. The Morgan fingerprint density at radius 2 is 1.94 bits per heavy atom. The number of benzene rings is 2. The highest BCUT2D eigenvalue weighted by Crippen LogP contribution is 2.34. The fourth-order valence-electron chi connectivity index (χ4n) is 3.88. The van der Waals surface area contributed by atoms with E-state index in [-0.39, 0.29) is 12.3 Å². The minimum atomic E-state index is -0.420. The number of hydrogen-bond donors (Lipinski definition) is 1. The smallest absolute Gasteiger partial charge is 0.269 e. The van der Waals surface area contributed by atoms with Gasteiger partial charge in [-0.15, -0.1) is 0 Å². The maximum atomic E-state index is 10.8. The van der Waals surface area contributed by atoms with Gasteiger partial charge in [0.05, 0.1) is 11.5 Å². The van der Waals surface area contributed by atoms with E-state index in [0.717, 1.165) is 24.2 Å². The number of non-ortho nitro benzene ring substituents is 1. The number of likely N-dealkylation sites (N-methyl/N-ethyl adjacent to an activating group) is 1. The van der Waals surface area contributed by atoms with Gasteiger partial charge in [0, 0.05) is 42.4 Å². The van der Waals surface area contributed by atoms with E-state index < -0.39 is 4.92 Å². The van der Waals surface area contributed by atoms with Gasteiger partial charge in [-0.05, 0) is 62.2 Å². The van der Waals surface area contributed by atoms with Crippen LogP contribution in [0.15, 0.2) is 36.4 Å². The van der Waals surface area contributed by atoms with Gasteiger partial charge in [0.25, 0.3) is 5.69 Å². The summed E-state index contributed by atoms with van der Waals surface area (Å²) in [5.41, 5.74) is 1.85. The van der Waals surface area contributed by atoms with Crippen LogP contribution in [-0.2, 0) is 13.2 Å². The molecule has 31 heavy (non-hydrogen) atoms. The topological polar surface area (TPSA) is 76.9 Å². The fourth-order valence-corrected chi connectivity index (χ4v) is 4.11. The molecule has 2 aromatic carbocycles. The molecule has 3 rings (SSSR count). The van der Waals surface area contributed by atoms with E-state index in [1.54, 1.807) is 18.2 Å². The minimum Gasteiger partial charge on any atom is -0.490 e. The predicted octanol–water partition coefficient (Wildman–Crippen LogP) is 4.80. The Hall–Kier alpha value is -2.35. The molecule has 0 spiro atoms. The summed E-state index contributed by atoms with van der Waals surface area (Å²) in [5, 5.41) is 14.9. The summed E-state index contributed by atoms with van der Waals surface area (Å²) in [6.45, 7) is 8.77. The lowest BCUT2D eigenvalue weighted by Crippen LogP contribution is -2.37. The van der Waals surface area contributed by atoms with Gasteiger partial charge in [0.15, 0.2) is 11.5 Å². The zero-order valence-corrected chi connectivity index (χ0v) is 18.9. The molecule has 1 N–H and O–H groups in total. The normalized spacial score (nSPS) is 16.4. The molecule has 7 nitrogen and oxygen atoms in total. The fraction of sp³-hybridized carbons (Fsp3) is 0.478. The zero-order chi connectivity index (χ0) is 22.2. The molecule has 8 heteroatoms. The number of hydrogen-bond acceptors (Lipinski definition) is 6. The first-order valence-electron chi connectivity index (χ1n) is 10.8. The SMILES string of the molecule is CCOc1cc(CNCC2CCCN2CC)c(Cl)cc1OCc1ccc([N+](=O)[O-])cc1. The van der Waals surface area contributed by atoms with Gasteiger partial charge >= 0.3 is 0 Å². The first kappa shape index (κ1) is 23.3. The second-order valence-corrected chi connectivity index (χ2v) is 8.00. The zero-order valence-electron chi connectivity index (χ0n) is 18.1. The van der Waals surface area contributed by atoms with E-state index in [2.05, 4.69) is 17.1 Å². The van der Waals surface area contributed by atoms with Gasteiger partial charge in [-0.25, -0.2) is 0 Å². The van der Waals surface area contributed by atoms with Crippen molar-refractivity contribution < 1.29 is 14.4 Å². The number of halogens is 1. The number of nitrogens with zero attached hydrogens (tertiary/aromatic N) is 2. The molecule has 2 aromatic rings. The van der Waals surface area contributed by atoms with Crippen molar-refractivity contribution in [1.29, 1.82) is 0 Å². The average Bonchev–Trinajstić information content (AvgIpc) is 3.22. The lowest BCUT2D eigenvalue weighted by Gasteiger charge is -2.23. The van der Waals surface area contributed by atoms with Crippen LogP contribution in [0.5, 0.6) is 11.5 Å². The van der Waals surface area contributed by atoms with E-state index in [9.17, 15) is 10.1 Å². The minimum absolute atomic E-state index is 0.0540. The summed E-state index contributed by atoms with van der Waals surface area (Å²) in [6, 6.07) is 10.6. The highest BCUT2D eigenvalue weighted by molar-refractivity contribution is 6.31. The van der Waals surface area contributed by atoms with Crippen LogP contribution in [0.4, 0.5) is 5.69 Å². The van der Waals surface area contributed by atoms with E-state index >= 15 is 0 Å². The Labute approximate surface area is 188 Å². The van der Waals surface area contributed by atoms with Crippen molar-refractivity contribution in [2.24, 2.45) is 0 Å². The molecule has 0 saturated carbocycles. The van der Waals surface area contributed by atoms with E-state index in [1.165, 1.54) is 31.5 Å². The quantitative estimate of drug-likeness (QED) is 0.394. The molecule has 0 aliphatic carbocycles. The number of likely N-dealkylation sites (tertiary alicyclic amines) is 1. The van der Waals surface area contributed by atoms with Crippen molar-refractivity contribution in [2.45, 2.75) is 45.9 Å². The Kier molecular flexibility index (Phi) is 8.51. The molecular formula is C23H30ClN3O4. The van der Waals surface area contributed by atoms with Crippen LogP contribution in [-0.4, -0.2) is 42.1 Å². The van der Waals surface area contributed by atoms with Crippen LogP contribution in [0, 0.1) is 10.1 Å². The molecule has 0 amide bonds. The largest absolute Gasteiger partial charge is 0.490 e. The van der Waals surface area contributed by atoms with E-state index in [0.29, 0.717) is 35.7 Å². The van der Waals surface area contributed by atoms with Crippen molar-refractivity contribution in [1.82, 2.24) is 10.2 Å². The van der Waals surface area contributed by atoms with E-state index in [1.807, 2.05) is 13.0 Å². The van der Waals surface area contributed by atoms with Gasteiger partial charge in [0.1, 0.15) is 6.61 Å². The molecule has 1 atom stereocenters. The van der Waals surface area contributed by atoms with Crippen LogP contribution in [0.3, 0.4) is 0 Å². The molecule has 0 radical (unpaired) electrons. The molecule has 1 saturated heterocycles. The highest BCUT2D eigenvalue weighted by atomic mass is 35.5. The number of nitro benzene ring substituents is 1. The standard InChI is InChI=1S/C23H30ClN3O4/c1-3-26-11-5-6-20(26)15-25-14-18-12-22(30-4-2)23(13-21(18)24)31-16-17-7-9-19(10-8-17)27(28)29/h7-10,12-13,20,25H,3-6,11,14-16H2,1-2H3.